The largest absolute Gasteiger partial charge is 0.368 e. The molecule has 0 aromatic heterocycles. The van der Waals surface area contributed by atoms with E-state index in [9.17, 15) is 0 Å². The zero-order valence-corrected chi connectivity index (χ0v) is 11.5. The van der Waals surface area contributed by atoms with Crippen LogP contribution in [0.4, 0.5) is 0 Å². The Hall–Kier alpha value is 0.766. The number of hydrogen-bond acceptors (Lipinski definition) is 0. The maximum Gasteiger partial charge on any atom is 0.368 e. The summed E-state index contributed by atoms with van der Waals surface area (Å²) in [5.41, 5.74) is 0. The molecule has 13 heavy (non-hydrogen) atoms. The van der Waals surface area contributed by atoms with Crippen LogP contribution in [0.1, 0.15) is 59.8 Å². The van der Waals surface area contributed by atoms with Crippen LogP contribution < -0.4 is 0 Å². The van der Waals surface area contributed by atoms with E-state index in [1.807, 2.05) is 0 Å². The van der Waals surface area contributed by atoms with Crippen molar-refractivity contribution in [1.82, 2.24) is 0 Å². The summed E-state index contributed by atoms with van der Waals surface area (Å²) in [5, 5.41) is 0. The molecule has 0 aromatic rings. The van der Waals surface area contributed by atoms with Gasteiger partial charge in [-0.15, -0.1) is 8.60 Å². The molecular formula is C12H26Mg. The van der Waals surface area contributed by atoms with Crippen LogP contribution in [0.3, 0.4) is 0 Å². The topological polar surface area (TPSA) is 0 Å². The standard InChI is InChI=1S/2C6H13.Mg/c1-4-6(3)5-2;1-3-5-6-4-2;/h6H,3-5H2,1-2H3;3H,4-6H2,1-2H3;. The fraction of sp³-hybridized carbons (Fsp3) is 1.00. The van der Waals surface area contributed by atoms with Gasteiger partial charge in [-0.2, -0.15) is 0 Å². The lowest BCUT2D eigenvalue weighted by Crippen LogP contribution is -2.06. The van der Waals surface area contributed by atoms with Crippen LogP contribution in [0.2, 0.25) is 8.60 Å². The highest BCUT2D eigenvalue weighted by Gasteiger charge is 2.10. The second-order valence-corrected chi connectivity index (χ2v) is 7.06. The van der Waals surface area contributed by atoms with Gasteiger partial charge in [-0.1, -0.05) is 65.7 Å². The van der Waals surface area contributed by atoms with Gasteiger partial charge < -0.3 is 0 Å². The number of hydrogen-bond donors (Lipinski definition) is 0. The third kappa shape index (κ3) is 7.81. The van der Waals surface area contributed by atoms with Gasteiger partial charge >= 0.3 is 20.4 Å². The van der Waals surface area contributed by atoms with E-state index in [1.54, 1.807) is 4.55 Å². The Morgan fingerprint density at radius 2 is 1.69 bits per heavy atom. The van der Waals surface area contributed by atoms with Crippen molar-refractivity contribution in [3.63, 3.8) is 0 Å². The first kappa shape index (κ1) is 13.8. The molecule has 0 aliphatic carbocycles. The molecule has 0 aromatic carbocycles. The van der Waals surface area contributed by atoms with Gasteiger partial charge in [0.25, 0.3) is 0 Å². The highest BCUT2D eigenvalue weighted by molar-refractivity contribution is 6.37. The summed E-state index contributed by atoms with van der Waals surface area (Å²) in [4.78, 5) is 0. The smallest absolute Gasteiger partial charge is 0.143 e. The molecule has 0 aliphatic heterocycles. The second-order valence-electron chi connectivity index (χ2n) is 4.51. The minimum atomic E-state index is 0.246. The van der Waals surface area contributed by atoms with Crippen molar-refractivity contribution in [3.05, 3.63) is 0 Å². The summed E-state index contributed by atoms with van der Waals surface area (Å²) in [6.45, 7) is 9.47. The van der Waals surface area contributed by atoms with Gasteiger partial charge in [-0.25, -0.2) is 0 Å². The average molecular weight is 195 g/mol. The minimum Gasteiger partial charge on any atom is -0.143 e. The summed E-state index contributed by atoms with van der Waals surface area (Å²) in [7, 11) is 0. The Morgan fingerprint density at radius 1 is 1.08 bits per heavy atom. The third-order valence-electron chi connectivity index (χ3n) is 3.27. The van der Waals surface area contributed by atoms with Crippen LogP contribution in [-0.2, 0) is 0 Å². The molecule has 0 amide bonds. The fourth-order valence-corrected chi connectivity index (χ4v) is 4.35. The van der Waals surface area contributed by atoms with Crippen molar-refractivity contribution >= 4 is 20.4 Å². The van der Waals surface area contributed by atoms with Crippen molar-refractivity contribution in [2.45, 2.75) is 68.4 Å². The highest BCUT2D eigenvalue weighted by atomic mass is 24.5. The average Bonchev–Trinajstić information content (AvgIpc) is 2.16. The van der Waals surface area contributed by atoms with Crippen LogP contribution in [0.25, 0.3) is 0 Å². The molecule has 0 saturated carbocycles. The monoisotopic (exact) mass is 194 g/mol. The van der Waals surface area contributed by atoms with Crippen molar-refractivity contribution in [2.75, 3.05) is 0 Å². The summed E-state index contributed by atoms with van der Waals surface area (Å²) >= 11 is 0.246. The van der Waals surface area contributed by atoms with Crippen LogP contribution in [0.15, 0.2) is 0 Å². The Labute approximate surface area is 94.6 Å². The zero-order valence-electron chi connectivity index (χ0n) is 10.1. The van der Waals surface area contributed by atoms with Crippen molar-refractivity contribution in [2.24, 2.45) is 5.92 Å². The third-order valence-corrected chi connectivity index (χ3v) is 5.82. The molecule has 1 atom stereocenters. The van der Waals surface area contributed by atoms with Crippen molar-refractivity contribution in [1.29, 1.82) is 0 Å². The van der Waals surface area contributed by atoms with E-state index in [-0.39, 0.29) is 20.4 Å². The molecule has 0 rings (SSSR count). The molecule has 0 aliphatic rings. The van der Waals surface area contributed by atoms with Crippen molar-refractivity contribution in [3.8, 4) is 0 Å². The van der Waals surface area contributed by atoms with E-state index in [2.05, 4.69) is 27.7 Å². The Kier molecular flexibility index (Phi) is 9.88. The van der Waals surface area contributed by atoms with Crippen LogP contribution in [0, 0.1) is 5.92 Å². The van der Waals surface area contributed by atoms with Crippen molar-refractivity contribution < 1.29 is 0 Å². The molecule has 76 valence electrons. The predicted octanol–water partition coefficient (Wildman–Crippen LogP) is 4.54. The molecule has 1 unspecified atom stereocenters. The first-order chi connectivity index (χ1) is 6.24. The summed E-state index contributed by atoms with van der Waals surface area (Å²) in [5.74, 6) is 1.05. The Bertz CT molecular complexity index is 97.3. The lowest BCUT2D eigenvalue weighted by atomic mass is 10.1. The van der Waals surface area contributed by atoms with E-state index in [0.29, 0.717) is 0 Å². The molecule has 0 bridgehead atoms. The fourth-order valence-electron chi connectivity index (χ4n) is 1.91. The highest BCUT2D eigenvalue weighted by Crippen LogP contribution is 2.19. The molecule has 0 N–H and O–H groups in total. The van der Waals surface area contributed by atoms with Gasteiger partial charge in [0.05, 0.1) is 0 Å². The second kappa shape index (κ2) is 9.33. The van der Waals surface area contributed by atoms with E-state index in [4.69, 9.17) is 0 Å². The van der Waals surface area contributed by atoms with Crippen LogP contribution >= 0.6 is 0 Å². The first-order valence-corrected chi connectivity index (χ1v) is 8.06. The summed E-state index contributed by atoms with van der Waals surface area (Å²) in [6, 6.07) is 0. The molecule has 0 radical (unpaired) electrons. The molecule has 0 spiro atoms. The van der Waals surface area contributed by atoms with E-state index >= 15 is 0 Å². The van der Waals surface area contributed by atoms with E-state index in [1.165, 1.54) is 32.1 Å². The summed E-state index contributed by atoms with van der Waals surface area (Å²) < 4.78 is 2.69. The Balaban J connectivity index is 3.38. The van der Waals surface area contributed by atoms with Gasteiger partial charge in [0.15, 0.2) is 0 Å². The van der Waals surface area contributed by atoms with Crippen LogP contribution in [-0.4, -0.2) is 20.4 Å². The molecule has 0 heterocycles. The molecule has 1 heteroatoms. The lowest BCUT2D eigenvalue weighted by molar-refractivity contribution is 0.537. The summed E-state index contributed by atoms with van der Waals surface area (Å²) in [6.07, 6.45) is 7.15. The van der Waals surface area contributed by atoms with Gasteiger partial charge in [0, 0.05) is 0 Å². The quantitative estimate of drug-likeness (QED) is 0.498. The maximum atomic E-state index is 2.48. The maximum absolute atomic E-state index is 2.48. The number of unbranched alkanes of at least 4 members (excludes halogenated alkanes) is 1. The number of rotatable bonds is 8. The predicted molar refractivity (Wildman–Crippen MR) is 63.6 cm³/mol. The SMILES string of the molecule is CCCC[CH](C)[Mg][CH2]C(CC)CC. The van der Waals surface area contributed by atoms with Gasteiger partial charge in [0.2, 0.25) is 0 Å². The first-order valence-electron chi connectivity index (χ1n) is 6.24. The minimum absolute atomic E-state index is 0.246. The van der Waals surface area contributed by atoms with Gasteiger partial charge in [-0.3, -0.25) is 0 Å². The normalized spacial score (nSPS) is 13.0. The van der Waals surface area contributed by atoms with E-state index < -0.39 is 0 Å². The molecule has 0 nitrogen and oxygen atoms in total. The molecular weight excluding hydrogens is 168 g/mol. The Morgan fingerprint density at radius 3 is 2.15 bits per heavy atom. The molecule has 0 saturated heterocycles. The van der Waals surface area contributed by atoms with Gasteiger partial charge in [0.1, 0.15) is 0 Å². The molecule has 0 fully saturated rings. The van der Waals surface area contributed by atoms with E-state index in [0.717, 1.165) is 9.97 Å². The lowest BCUT2D eigenvalue weighted by Gasteiger charge is -2.14. The van der Waals surface area contributed by atoms with Gasteiger partial charge in [-0.05, 0) is 0 Å². The zero-order chi connectivity index (χ0) is 10.1. The van der Waals surface area contributed by atoms with Crippen LogP contribution in [0.5, 0.6) is 0 Å².